The number of alkyl halides is 6. The lowest BCUT2D eigenvalue weighted by molar-refractivity contribution is -0.145. The SMILES string of the molecule is NC(=O)[C@@H]1[C@@H]2C[C@@H](C3CC32)N1c1cc(C(F)(F)F)cc(C(F)(F)F)n1. The van der Waals surface area contributed by atoms with E-state index in [0.717, 1.165) is 6.42 Å². The summed E-state index contributed by atoms with van der Waals surface area (Å²) in [6.45, 7) is 0. The Hall–Kier alpha value is -2.00. The van der Waals surface area contributed by atoms with Crippen molar-refractivity contribution in [2.75, 3.05) is 4.90 Å². The van der Waals surface area contributed by atoms with E-state index in [4.69, 9.17) is 5.73 Å². The minimum Gasteiger partial charge on any atom is -0.368 e. The topological polar surface area (TPSA) is 59.2 Å². The zero-order valence-electron chi connectivity index (χ0n) is 12.6. The molecule has 2 bridgehead atoms. The van der Waals surface area contributed by atoms with Crippen molar-refractivity contribution in [3.63, 3.8) is 0 Å². The molecule has 1 saturated heterocycles. The molecule has 2 saturated carbocycles. The second-order valence-corrected chi connectivity index (χ2v) is 6.88. The molecule has 1 aromatic rings. The molecule has 0 radical (unpaired) electrons. The number of nitrogens with two attached hydrogens (primary N) is 1. The molecule has 1 aromatic heterocycles. The van der Waals surface area contributed by atoms with E-state index >= 15 is 0 Å². The van der Waals surface area contributed by atoms with Crippen LogP contribution in [0, 0.1) is 17.8 Å². The van der Waals surface area contributed by atoms with E-state index in [1.54, 1.807) is 0 Å². The normalized spacial score (nSPS) is 33.5. The Morgan fingerprint density at radius 2 is 1.72 bits per heavy atom. The first-order valence-electron chi connectivity index (χ1n) is 7.72. The van der Waals surface area contributed by atoms with Crippen LogP contribution in [0.25, 0.3) is 0 Å². The number of carbonyl (C=O) groups excluding carboxylic acids is 1. The van der Waals surface area contributed by atoms with Crippen LogP contribution in [-0.4, -0.2) is 23.0 Å². The van der Waals surface area contributed by atoms with Crippen molar-refractivity contribution in [3.8, 4) is 0 Å². The molecule has 3 aliphatic rings. The molecule has 5 atom stereocenters. The number of pyridine rings is 1. The molecule has 10 heteroatoms. The lowest BCUT2D eigenvalue weighted by Crippen LogP contribution is -2.50. The lowest BCUT2D eigenvalue weighted by atomic mass is 9.96. The largest absolute Gasteiger partial charge is 0.433 e. The first kappa shape index (κ1) is 16.5. The number of rotatable bonds is 2. The summed E-state index contributed by atoms with van der Waals surface area (Å²) in [5, 5.41) is 0. The maximum atomic E-state index is 13.0. The van der Waals surface area contributed by atoms with E-state index in [2.05, 4.69) is 4.98 Å². The molecule has 2 heterocycles. The van der Waals surface area contributed by atoms with Crippen LogP contribution in [0.5, 0.6) is 0 Å². The molecule has 0 aromatic carbocycles. The van der Waals surface area contributed by atoms with Crippen LogP contribution < -0.4 is 10.6 Å². The van der Waals surface area contributed by atoms with Gasteiger partial charge >= 0.3 is 12.4 Å². The molecule has 2 N–H and O–H groups in total. The van der Waals surface area contributed by atoms with Crippen molar-refractivity contribution >= 4 is 11.7 Å². The van der Waals surface area contributed by atoms with Crippen LogP contribution in [0.3, 0.4) is 0 Å². The number of carbonyl (C=O) groups is 1. The third kappa shape index (κ3) is 2.44. The summed E-state index contributed by atoms with van der Waals surface area (Å²) in [7, 11) is 0. The van der Waals surface area contributed by atoms with E-state index in [-0.39, 0.29) is 29.9 Å². The fraction of sp³-hybridized carbons (Fsp3) is 0.600. The summed E-state index contributed by atoms with van der Waals surface area (Å²) in [5.41, 5.74) is 2.32. The summed E-state index contributed by atoms with van der Waals surface area (Å²) >= 11 is 0. The smallest absolute Gasteiger partial charge is 0.368 e. The van der Waals surface area contributed by atoms with Gasteiger partial charge < -0.3 is 10.6 Å². The molecule has 1 amide bonds. The number of amides is 1. The van der Waals surface area contributed by atoms with Gasteiger partial charge in [0.1, 0.15) is 17.6 Å². The molecular formula is C15H13F6N3O. The third-order valence-electron chi connectivity index (χ3n) is 5.50. The highest BCUT2D eigenvalue weighted by Gasteiger charge is 2.66. The van der Waals surface area contributed by atoms with Gasteiger partial charge in [-0.3, -0.25) is 4.79 Å². The first-order valence-corrected chi connectivity index (χ1v) is 7.72. The number of nitrogens with zero attached hydrogens (tertiary/aromatic N) is 2. The Kier molecular flexibility index (Phi) is 3.16. The first-order chi connectivity index (χ1) is 11.5. The molecule has 2 aliphatic carbocycles. The highest BCUT2D eigenvalue weighted by Crippen LogP contribution is 2.64. The Balaban J connectivity index is 1.83. The Labute approximate surface area is 138 Å². The van der Waals surface area contributed by atoms with Gasteiger partial charge in [-0.25, -0.2) is 4.98 Å². The van der Waals surface area contributed by atoms with Crippen LogP contribution in [0.1, 0.15) is 24.1 Å². The quantitative estimate of drug-likeness (QED) is 0.820. The van der Waals surface area contributed by atoms with Gasteiger partial charge in [-0.05, 0) is 42.7 Å². The van der Waals surface area contributed by atoms with Crippen LogP contribution in [0.15, 0.2) is 12.1 Å². The maximum absolute atomic E-state index is 13.0. The van der Waals surface area contributed by atoms with Crippen LogP contribution in [0.2, 0.25) is 0 Å². The number of fused-ring (bicyclic) bond motifs is 5. The van der Waals surface area contributed by atoms with Crippen LogP contribution in [-0.2, 0) is 17.1 Å². The summed E-state index contributed by atoms with van der Waals surface area (Å²) in [4.78, 5) is 16.5. The number of aromatic nitrogens is 1. The van der Waals surface area contributed by atoms with Gasteiger partial charge in [0.05, 0.1) is 5.56 Å². The second-order valence-electron chi connectivity index (χ2n) is 6.88. The van der Waals surface area contributed by atoms with Gasteiger partial charge in [-0.1, -0.05) is 0 Å². The van der Waals surface area contributed by atoms with Crippen molar-refractivity contribution in [1.82, 2.24) is 4.98 Å². The second kappa shape index (κ2) is 4.79. The zero-order chi connectivity index (χ0) is 18.3. The molecule has 4 rings (SSSR count). The molecule has 4 nitrogen and oxygen atoms in total. The predicted octanol–water partition coefficient (Wildman–Crippen LogP) is 2.82. The van der Waals surface area contributed by atoms with E-state index < -0.39 is 41.4 Å². The Bertz CT molecular complexity index is 714. The average Bonchev–Trinajstić information content (AvgIpc) is 3.09. The molecule has 2 unspecified atom stereocenters. The molecule has 0 spiro atoms. The zero-order valence-corrected chi connectivity index (χ0v) is 12.6. The van der Waals surface area contributed by atoms with E-state index in [1.807, 2.05) is 0 Å². The van der Waals surface area contributed by atoms with Gasteiger partial charge in [0.15, 0.2) is 0 Å². The van der Waals surface area contributed by atoms with E-state index in [0.29, 0.717) is 12.5 Å². The summed E-state index contributed by atoms with van der Waals surface area (Å²) in [6, 6.07) is -0.643. The van der Waals surface area contributed by atoms with Gasteiger partial charge in [-0.15, -0.1) is 0 Å². The Morgan fingerprint density at radius 1 is 1.04 bits per heavy atom. The lowest BCUT2D eigenvalue weighted by Gasteiger charge is -2.34. The minimum absolute atomic E-state index is 0.0168. The number of piperidine rings is 1. The molecule has 1 aliphatic heterocycles. The molecule has 3 fully saturated rings. The highest BCUT2D eigenvalue weighted by atomic mass is 19.4. The standard InChI is InChI=1S/C15H13F6N3O/c16-14(17,18)5-1-10(15(19,20)21)23-11(2-5)24-9-4-8(6-3-7(6)9)12(24)13(22)25/h1-2,6-9,12H,3-4H2,(H2,22,25)/t6?,7?,8-,9+,12+/m1/s1. The van der Waals surface area contributed by atoms with Crippen molar-refractivity contribution in [2.24, 2.45) is 23.5 Å². The molecular weight excluding hydrogens is 352 g/mol. The summed E-state index contributed by atoms with van der Waals surface area (Å²) < 4.78 is 78.2. The summed E-state index contributed by atoms with van der Waals surface area (Å²) in [6.07, 6.45) is -8.62. The third-order valence-corrected chi connectivity index (χ3v) is 5.50. The van der Waals surface area contributed by atoms with Crippen molar-refractivity contribution in [3.05, 3.63) is 23.4 Å². The number of hydrogen-bond donors (Lipinski definition) is 1. The maximum Gasteiger partial charge on any atom is 0.433 e. The number of halogens is 6. The minimum atomic E-state index is -5.03. The number of anilines is 1. The number of primary amides is 1. The van der Waals surface area contributed by atoms with Crippen LogP contribution in [0.4, 0.5) is 32.2 Å². The van der Waals surface area contributed by atoms with Gasteiger partial charge in [0, 0.05) is 6.04 Å². The van der Waals surface area contributed by atoms with Crippen molar-refractivity contribution < 1.29 is 31.1 Å². The number of hydrogen-bond acceptors (Lipinski definition) is 3. The van der Waals surface area contributed by atoms with Crippen molar-refractivity contribution in [2.45, 2.75) is 37.3 Å². The fourth-order valence-electron chi connectivity index (χ4n) is 4.51. The van der Waals surface area contributed by atoms with Gasteiger partial charge in [-0.2, -0.15) is 26.3 Å². The van der Waals surface area contributed by atoms with Crippen molar-refractivity contribution in [1.29, 1.82) is 0 Å². The molecule has 25 heavy (non-hydrogen) atoms. The average molecular weight is 365 g/mol. The molecule has 136 valence electrons. The van der Waals surface area contributed by atoms with E-state index in [9.17, 15) is 31.1 Å². The van der Waals surface area contributed by atoms with Gasteiger partial charge in [0.25, 0.3) is 0 Å². The predicted molar refractivity (Wildman–Crippen MR) is 73.2 cm³/mol. The van der Waals surface area contributed by atoms with Gasteiger partial charge in [0.2, 0.25) is 5.91 Å². The fourth-order valence-corrected chi connectivity index (χ4v) is 4.51. The monoisotopic (exact) mass is 365 g/mol. The Morgan fingerprint density at radius 3 is 2.28 bits per heavy atom. The van der Waals surface area contributed by atoms with Crippen LogP contribution >= 0.6 is 0 Å². The van der Waals surface area contributed by atoms with E-state index in [1.165, 1.54) is 4.90 Å². The highest BCUT2D eigenvalue weighted by molar-refractivity contribution is 5.85. The summed E-state index contributed by atoms with van der Waals surface area (Å²) in [5.74, 6) is -0.884.